The van der Waals surface area contributed by atoms with Gasteiger partial charge in [-0.2, -0.15) is 0 Å². The fourth-order valence-electron chi connectivity index (χ4n) is 3.30. The predicted molar refractivity (Wildman–Crippen MR) is 132 cm³/mol. The van der Waals surface area contributed by atoms with E-state index in [0.717, 1.165) is 25.7 Å². The minimum atomic E-state index is -0.768. The van der Waals surface area contributed by atoms with Crippen LogP contribution < -0.4 is 16.0 Å². The molecule has 1 aromatic rings. The standard InChI is InChI=1S/C21H30N4O2S.HI/c1-4-16-9-7-10-17(13-16)24-20(26)15-23-21(22-5-2)25-18-11-8-12-19(14-18)28(27)6-3;/h1,7,9-10,13,18-19H,5-6,8,11-12,14-15H2,2-3H3,(H,24,26)(H2,22,23,25);1H. The van der Waals surface area contributed by atoms with E-state index in [1.54, 1.807) is 18.2 Å². The van der Waals surface area contributed by atoms with Gasteiger partial charge in [-0.1, -0.05) is 25.3 Å². The maximum absolute atomic E-state index is 12.2. The molecule has 0 radical (unpaired) electrons. The quantitative estimate of drug-likeness (QED) is 0.219. The number of aliphatic imine (C=N–C) groups is 1. The summed E-state index contributed by atoms with van der Waals surface area (Å²) in [6.07, 6.45) is 9.35. The number of carbonyl (C=O) groups excluding carboxylic acids is 1. The molecule has 3 N–H and O–H groups in total. The molecule has 2 rings (SSSR count). The first-order chi connectivity index (χ1) is 13.5. The van der Waals surface area contributed by atoms with Crippen molar-refractivity contribution in [2.45, 2.75) is 50.8 Å². The lowest BCUT2D eigenvalue weighted by molar-refractivity contribution is -0.114. The molecular weight excluding hydrogens is 499 g/mol. The zero-order chi connectivity index (χ0) is 20.4. The summed E-state index contributed by atoms with van der Waals surface area (Å²) in [5.74, 6) is 3.65. The minimum Gasteiger partial charge on any atom is -0.357 e. The third kappa shape index (κ3) is 8.74. The number of hydrogen-bond donors (Lipinski definition) is 3. The van der Waals surface area contributed by atoms with Crippen LogP contribution in [0.5, 0.6) is 0 Å². The van der Waals surface area contributed by atoms with Crippen molar-refractivity contribution in [3.05, 3.63) is 29.8 Å². The SMILES string of the molecule is C#Cc1cccc(NC(=O)CN=C(NCC)NC2CCCC(S(=O)CC)C2)c1.I. The second kappa shape index (κ2) is 13.6. The molecule has 0 bridgehead atoms. The molecule has 160 valence electrons. The zero-order valence-electron chi connectivity index (χ0n) is 17.1. The first-order valence-corrected chi connectivity index (χ1v) is 11.2. The summed E-state index contributed by atoms with van der Waals surface area (Å²) in [5, 5.41) is 9.63. The van der Waals surface area contributed by atoms with Gasteiger partial charge in [-0.05, 0) is 44.4 Å². The molecule has 8 heteroatoms. The van der Waals surface area contributed by atoms with Crippen LogP contribution in [0, 0.1) is 12.3 Å². The number of guanidine groups is 1. The van der Waals surface area contributed by atoms with E-state index in [1.165, 1.54) is 0 Å². The maximum Gasteiger partial charge on any atom is 0.246 e. The molecule has 6 nitrogen and oxygen atoms in total. The van der Waals surface area contributed by atoms with E-state index in [2.05, 4.69) is 26.9 Å². The molecule has 29 heavy (non-hydrogen) atoms. The number of amides is 1. The van der Waals surface area contributed by atoms with E-state index in [9.17, 15) is 9.00 Å². The number of nitrogens with zero attached hydrogens (tertiary/aromatic N) is 1. The van der Waals surface area contributed by atoms with Crippen molar-refractivity contribution in [3.63, 3.8) is 0 Å². The van der Waals surface area contributed by atoms with Crippen LogP contribution in [0.15, 0.2) is 29.3 Å². The molecule has 1 aromatic carbocycles. The summed E-state index contributed by atoms with van der Waals surface area (Å²) in [4.78, 5) is 16.6. The van der Waals surface area contributed by atoms with Crippen LogP contribution >= 0.6 is 24.0 Å². The van der Waals surface area contributed by atoms with Crippen molar-refractivity contribution < 1.29 is 9.00 Å². The molecule has 0 spiro atoms. The Kier molecular flexibility index (Phi) is 11.9. The van der Waals surface area contributed by atoms with Crippen molar-refractivity contribution in [3.8, 4) is 12.3 Å². The molecule has 0 aromatic heterocycles. The second-order valence-corrected chi connectivity index (χ2v) is 8.77. The Morgan fingerprint density at radius 1 is 1.34 bits per heavy atom. The summed E-state index contributed by atoms with van der Waals surface area (Å²) in [5.41, 5.74) is 1.37. The summed E-state index contributed by atoms with van der Waals surface area (Å²) in [6, 6.07) is 7.38. The Balaban J connectivity index is 0.00000420. The number of terminal acetylenes is 1. The number of carbonyl (C=O) groups is 1. The average molecular weight is 530 g/mol. The lowest BCUT2D eigenvalue weighted by atomic mass is 9.95. The topological polar surface area (TPSA) is 82.6 Å². The van der Waals surface area contributed by atoms with Crippen molar-refractivity contribution >= 4 is 52.3 Å². The lowest BCUT2D eigenvalue weighted by Gasteiger charge is -2.30. The fourth-order valence-corrected chi connectivity index (χ4v) is 4.65. The predicted octanol–water partition coefficient (Wildman–Crippen LogP) is 2.86. The van der Waals surface area contributed by atoms with Gasteiger partial charge in [0.05, 0.1) is 0 Å². The van der Waals surface area contributed by atoms with Crippen molar-refractivity contribution in [1.29, 1.82) is 0 Å². The van der Waals surface area contributed by atoms with Crippen LogP contribution in [0.2, 0.25) is 0 Å². The molecular formula is C21H31IN4O2S. The third-order valence-corrected chi connectivity index (χ3v) is 6.40. The summed E-state index contributed by atoms with van der Waals surface area (Å²) in [6.45, 7) is 4.66. The Morgan fingerprint density at radius 3 is 2.83 bits per heavy atom. The smallest absolute Gasteiger partial charge is 0.246 e. The van der Waals surface area contributed by atoms with Crippen LogP contribution in [0.3, 0.4) is 0 Å². The average Bonchev–Trinajstić information content (AvgIpc) is 2.72. The first kappa shape index (κ1) is 25.4. The van der Waals surface area contributed by atoms with Crippen LogP contribution in [-0.4, -0.2) is 46.2 Å². The number of benzene rings is 1. The van der Waals surface area contributed by atoms with Crippen molar-refractivity contribution in [2.75, 3.05) is 24.2 Å². The van der Waals surface area contributed by atoms with Crippen LogP contribution in [0.25, 0.3) is 0 Å². The summed E-state index contributed by atoms with van der Waals surface area (Å²) in [7, 11) is -0.768. The molecule has 1 aliphatic rings. The largest absolute Gasteiger partial charge is 0.357 e. The van der Waals surface area contributed by atoms with Crippen molar-refractivity contribution in [1.82, 2.24) is 10.6 Å². The molecule has 1 fully saturated rings. The van der Waals surface area contributed by atoms with Gasteiger partial charge < -0.3 is 16.0 Å². The minimum absolute atomic E-state index is 0. The van der Waals surface area contributed by atoms with Gasteiger partial charge in [0.15, 0.2) is 5.96 Å². The molecule has 1 aliphatic carbocycles. The van der Waals surface area contributed by atoms with Gasteiger partial charge in [0.25, 0.3) is 0 Å². The normalized spacial score (nSPS) is 20.0. The van der Waals surface area contributed by atoms with Gasteiger partial charge in [-0.15, -0.1) is 30.4 Å². The highest BCUT2D eigenvalue weighted by Gasteiger charge is 2.26. The number of rotatable bonds is 7. The summed E-state index contributed by atoms with van der Waals surface area (Å²) >= 11 is 0. The first-order valence-electron chi connectivity index (χ1n) is 9.84. The van der Waals surface area contributed by atoms with Crippen LogP contribution in [0.1, 0.15) is 45.1 Å². The Morgan fingerprint density at radius 2 is 2.14 bits per heavy atom. The molecule has 0 heterocycles. The highest BCUT2D eigenvalue weighted by Crippen LogP contribution is 2.23. The van der Waals surface area contributed by atoms with Gasteiger partial charge in [0.1, 0.15) is 6.54 Å². The second-order valence-electron chi connectivity index (χ2n) is 6.77. The van der Waals surface area contributed by atoms with E-state index in [1.807, 2.05) is 19.9 Å². The van der Waals surface area contributed by atoms with Gasteiger partial charge in [0.2, 0.25) is 5.91 Å². The summed E-state index contributed by atoms with van der Waals surface area (Å²) < 4.78 is 12.1. The number of anilines is 1. The fraction of sp³-hybridized carbons (Fsp3) is 0.524. The van der Waals surface area contributed by atoms with Crippen LogP contribution in [-0.2, 0) is 15.6 Å². The maximum atomic E-state index is 12.2. The molecule has 1 amide bonds. The molecule has 0 aliphatic heterocycles. The number of halogens is 1. The third-order valence-electron chi connectivity index (χ3n) is 4.66. The van der Waals surface area contributed by atoms with Gasteiger partial charge >= 0.3 is 0 Å². The lowest BCUT2D eigenvalue weighted by Crippen LogP contribution is -2.47. The Hall–Kier alpha value is -1.60. The van der Waals surface area contributed by atoms with Crippen molar-refractivity contribution in [2.24, 2.45) is 4.99 Å². The Labute approximate surface area is 193 Å². The van der Waals surface area contributed by atoms with Crippen LogP contribution in [0.4, 0.5) is 5.69 Å². The molecule has 0 saturated heterocycles. The Bertz CT molecular complexity index is 763. The highest BCUT2D eigenvalue weighted by molar-refractivity contribution is 14.0. The van der Waals surface area contributed by atoms with E-state index >= 15 is 0 Å². The van der Waals surface area contributed by atoms with Gasteiger partial charge in [-0.25, -0.2) is 4.99 Å². The highest BCUT2D eigenvalue weighted by atomic mass is 127. The van der Waals surface area contributed by atoms with Gasteiger partial charge in [-0.3, -0.25) is 9.00 Å². The molecule has 3 atom stereocenters. The van der Waals surface area contributed by atoms with Gasteiger partial charge in [0, 0.05) is 45.6 Å². The number of nitrogens with one attached hydrogen (secondary N) is 3. The molecule has 3 unspecified atom stereocenters. The molecule has 1 saturated carbocycles. The zero-order valence-corrected chi connectivity index (χ0v) is 20.2. The van der Waals surface area contributed by atoms with E-state index in [0.29, 0.717) is 29.5 Å². The number of hydrogen-bond acceptors (Lipinski definition) is 3. The monoisotopic (exact) mass is 530 g/mol. The van der Waals surface area contributed by atoms with E-state index in [-0.39, 0.29) is 47.7 Å². The van der Waals surface area contributed by atoms with E-state index in [4.69, 9.17) is 6.42 Å². The van der Waals surface area contributed by atoms with E-state index < -0.39 is 10.8 Å².